The molecule has 106 valence electrons. The maximum atomic E-state index is 13.1. The number of hydrogen-bond acceptors (Lipinski definition) is 4. The molecule has 0 aromatic heterocycles. The lowest BCUT2D eigenvalue weighted by molar-refractivity contribution is 0.0159. The van der Waals surface area contributed by atoms with Crippen LogP contribution in [0, 0.1) is 5.82 Å². The summed E-state index contributed by atoms with van der Waals surface area (Å²) in [5, 5.41) is 18.0. The molecule has 0 aliphatic carbocycles. The molecule has 1 aliphatic rings. The van der Waals surface area contributed by atoms with E-state index in [1.165, 1.54) is 12.1 Å². The summed E-state index contributed by atoms with van der Waals surface area (Å²) in [5.74, 6) is -0.325. The molecule has 0 unspecified atom stereocenters. The Hall–Kier alpha value is -1.17. The molecule has 0 bridgehead atoms. The fourth-order valence-electron chi connectivity index (χ4n) is 2.47. The molecule has 0 atom stereocenters. The summed E-state index contributed by atoms with van der Waals surface area (Å²) in [5.41, 5.74) is 1.51. The normalized spacial score (nSPS) is 16.9. The van der Waals surface area contributed by atoms with Gasteiger partial charge in [0, 0.05) is 24.3 Å². The summed E-state index contributed by atoms with van der Waals surface area (Å²) in [7, 11) is 0. The predicted octanol–water partition coefficient (Wildman–Crippen LogP) is 1.30. The van der Waals surface area contributed by atoms with Gasteiger partial charge in [0.2, 0.25) is 0 Å². The number of rotatable bonds is 5. The average Bonchev–Trinajstić information content (AvgIpc) is 2.45. The van der Waals surface area contributed by atoms with Gasteiger partial charge in [-0.15, -0.1) is 0 Å². The van der Waals surface area contributed by atoms with Crippen LogP contribution in [0.5, 0.6) is 0 Å². The molecule has 5 heteroatoms. The van der Waals surface area contributed by atoms with Gasteiger partial charge in [-0.05, 0) is 31.0 Å². The van der Waals surface area contributed by atoms with E-state index in [1.54, 1.807) is 6.07 Å². The lowest BCUT2D eigenvalue weighted by Crippen LogP contribution is -2.37. The Balaban J connectivity index is 1.97. The molecule has 1 fully saturated rings. The molecule has 1 aliphatic heterocycles. The number of aliphatic hydroxyl groups excluding tert-OH is 2. The molecule has 0 saturated carbocycles. The van der Waals surface area contributed by atoms with Crippen molar-refractivity contribution in [3.05, 3.63) is 29.6 Å². The van der Waals surface area contributed by atoms with Gasteiger partial charge in [0.25, 0.3) is 0 Å². The number of nitrogens with zero attached hydrogens (tertiary/aromatic N) is 1. The highest BCUT2D eigenvalue weighted by Gasteiger charge is 2.21. The van der Waals surface area contributed by atoms with Crippen molar-refractivity contribution < 1.29 is 19.3 Å². The van der Waals surface area contributed by atoms with Gasteiger partial charge in [-0.2, -0.15) is 0 Å². The standard InChI is InChI=1S/C14H20FNO3/c15-12-1-2-14(11(9-12)10-18)16-5-3-13(4-6-16)19-8-7-17/h1-2,9,13,17-18H,3-8,10H2. The van der Waals surface area contributed by atoms with Crippen LogP contribution in [-0.2, 0) is 11.3 Å². The first kappa shape index (κ1) is 14.2. The van der Waals surface area contributed by atoms with Crippen LogP contribution < -0.4 is 4.90 Å². The number of halogens is 1. The topological polar surface area (TPSA) is 52.9 Å². The Morgan fingerprint density at radius 3 is 2.63 bits per heavy atom. The SMILES string of the molecule is OCCOC1CCN(c2ccc(F)cc2CO)CC1. The van der Waals surface area contributed by atoms with Crippen LogP contribution in [0.2, 0.25) is 0 Å². The number of piperidine rings is 1. The second-order valence-corrected chi connectivity index (χ2v) is 4.71. The van der Waals surface area contributed by atoms with Crippen molar-refractivity contribution in [2.45, 2.75) is 25.6 Å². The van der Waals surface area contributed by atoms with E-state index in [-0.39, 0.29) is 25.1 Å². The van der Waals surface area contributed by atoms with Gasteiger partial charge in [0.15, 0.2) is 0 Å². The molecular formula is C14H20FNO3. The third-order valence-corrected chi connectivity index (χ3v) is 3.44. The van der Waals surface area contributed by atoms with Crippen LogP contribution in [-0.4, -0.2) is 42.6 Å². The van der Waals surface area contributed by atoms with E-state index in [4.69, 9.17) is 9.84 Å². The molecule has 1 heterocycles. The zero-order chi connectivity index (χ0) is 13.7. The van der Waals surface area contributed by atoms with Gasteiger partial charge < -0.3 is 19.8 Å². The number of benzene rings is 1. The van der Waals surface area contributed by atoms with Gasteiger partial charge in [-0.1, -0.05) is 0 Å². The maximum absolute atomic E-state index is 13.1. The van der Waals surface area contributed by atoms with Crippen LogP contribution in [0.15, 0.2) is 18.2 Å². The zero-order valence-electron chi connectivity index (χ0n) is 10.9. The summed E-state index contributed by atoms with van der Waals surface area (Å²) < 4.78 is 18.6. The zero-order valence-corrected chi connectivity index (χ0v) is 10.9. The van der Waals surface area contributed by atoms with E-state index in [0.717, 1.165) is 31.6 Å². The molecule has 0 amide bonds. The van der Waals surface area contributed by atoms with Crippen LogP contribution in [0.3, 0.4) is 0 Å². The van der Waals surface area contributed by atoms with Crippen molar-refractivity contribution in [1.29, 1.82) is 0 Å². The number of hydrogen-bond donors (Lipinski definition) is 2. The fourth-order valence-corrected chi connectivity index (χ4v) is 2.47. The Labute approximate surface area is 112 Å². The molecule has 0 radical (unpaired) electrons. The van der Waals surface area contributed by atoms with Gasteiger partial charge in [0.05, 0.1) is 25.9 Å². The molecule has 4 nitrogen and oxygen atoms in total. The van der Waals surface area contributed by atoms with Crippen molar-refractivity contribution in [3.63, 3.8) is 0 Å². The van der Waals surface area contributed by atoms with Crippen LogP contribution in [0.1, 0.15) is 18.4 Å². The highest BCUT2D eigenvalue weighted by atomic mass is 19.1. The molecule has 2 N–H and O–H groups in total. The van der Waals surface area contributed by atoms with E-state index in [1.807, 2.05) is 0 Å². The third kappa shape index (κ3) is 3.65. The lowest BCUT2D eigenvalue weighted by atomic mass is 10.0. The minimum Gasteiger partial charge on any atom is -0.394 e. The molecular weight excluding hydrogens is 249 g/mol. The first-order valence-electron chi connectivity index (χ1n) is 6.61. The Bertz CT molecular complexity index is 406. The minimum absolute atomic E-state index is 0.0484. The summed E-state index contributed by atoms with van der Waals surface area (Å²) >= 11 is 0. The van der Waals surface area contributed by atoms with Crippen molar-refractivity contribution in [1.82, 2.24) is 0 Å². The number of anilines is 1. The third-order valence-electron chi connectivity index (χ3n) is 3.44. The van der Waals surface area contributed by atoms with E-state index in [2.05, 4.69) is 4.90 Å². The van der Waals surface area contributed by atoms with E-state index in [0.29, 0.717) is 12.2 Å². The highest BCUT2D eigenvalue weighted by Crippen LogP contribution is 2.26. The van der Waals surface area contributed by atoms with Crippen molar-refractivity contribution >= 4 is 5.69 Å². The molecule has 19 heavy (non-hydrogen) atoms. The smallest absolute Gasteiger partial charge is 0.123 e. The summed E-state index contributed by atoms with van der Waals surface area (Å²) in [6.45, 7) is 1.90. The van der Waals surface area contributed by atoms with Gasteiger partial charge >= 0.3 is 0 Å². The minimum atomic E-state index is -0.325. The van der Waals surface area contributed by atoms with Crippen molar-refractivity contribution in [3.8, 4) is 0 Å². The Morgan fingerprint density at radius 2 is 2.00 bits per heavy atom. The lowest BCUT2D eigenvalue weighted by Gasteiger charge is -2.34. The first-order valence-corrected chi connectivity index (χ1v) is 6.61. The van der Waals surface area contributed by atoms with Crippen LogP contribution in [0.25, 0.3) is 0 Å². The first-order chi connectivity index (χ1) is 9.24. The van der Waals surface area contributed by atoms with Crippen LogP contribution >= 0.6 is 0 Å². The fraction of sp³-hybridized carbons (Fsp3) is 0.571. The monoisotopic (exact) mass is 269 g/mol. The highest BCUT2D eigenvalue weighted by molar-refractivity contribution is 5.54. The Morgan fingerprint density at radius 1 is 1.26 bits per heavy atom. The average molecular weight is 269 g/mol. The summed E-state index contributed by atoms with van der Waals surface area (Å²) in [4.78, 5) is 2.14. The predicted molar refractivity (Wildman–Crippen MR) is 70.6 cm³/mol. The molecule has 1 aromatic carbocycles. The van der Waals surface area contributed by atoms with Crippen molar-refractivity contribution in [2.24, 2.45) is 0 Å². The summed E-state index contributed by atoms with van der Waals surface area (Å²) in [6, 6.07) is 4.52. The number of ether oxygens (including phenoxy) is 1. The summed E-state index contributed by atoms with van der Waals surface area (Å²) in [6.07, 6.45) is 1.94. The molecule has 2 rings (SSSR count). The van der Waals surface area contributed by atoms with E-state index >= 15 is 0 Å². The van der Waals surface area contributed by atoms with Gasteiger partial charge in [0.1, 0.15) is 5.82 Å². The van der Waals surface area contributed by atoms with Gasteiger partial charge in [-0.3, -0.25) is 0 Å². The van der Waals surface area contributed by atoms with E-state index < -0.39 is 0 Å². The largest absolute Gasteiger partial charge is 0.394 e. The van der Waals surface area contributed by atoms with Crippen LogP contribution in [0.4, 0.5) is 10.1 Å². The second-order valence-electron chi connectivity index (χ2n) is 4.71. The second kappa shape index (κ2) is 6.84. The van der Waals surface area contributed by atoms with Gasteiger partial charge in [-0.25, -0.2) is 4.39 Å². The van der Waals surface area contributed by atoms with E-state index in [9.17, 15) is 9.50 Å². The number of aliphatic hydroxyl groups is 2. The quantitative estimate of drug-likeness (QED) is 0.846. The Kier molecular flexibility index (Phi) is 5.13. The molecule has 0 spiro atoms. The molecule has 1 saturated heterocycles. The maximum Gasteiger partial charge on any atom is 0.123 e. The molecule has 1 aromatic rings. The van der Waals surface area contributed by atoms with Crippen molar-refractivity contribution in [2.75, 3.05) is 31.2 Å².